The van der Waals surface area contributed by atoms with Crippen molar-refractivity contribution in [3.05, 3.63) is 68.9 Å². The molecule has 4 rings (SSSR count). The largest absolute Gasteiger partial charge is 0.507 e. The smallest absolute Gasteiger partial charge is 0.213 e. The lowest BCUT2D eigenvalue weighted by atomic mass is 9.75. The van der Waals surface area contributed by atoms with E-state index < -0.39 is 34.8 Å². The summed E-state index contributed by atoms with van der Waals surface area (Å²) >= 11 is 5.87. The normalized spacial score (nSPS) is 22.6. The number of carbonyl (C=O) groups excluding carboxylic acids is 2. The molecule has 0 spiro atoms. The number of benzene rings is 2. The standard InChI is InChI=1S/C23H22ClNO6/c1-23(31)9-13-17(16(27)10-23)22(30)18-15(26)8-14(21(29)19(18)20(13)28)25-7-6-11-2-4-12(24)5-3-11/h2-5,8,16,25,27-28,30-31H,6-7,9-10H2,1H3/t16-,23-/m0/s1. The van der Waals surface area contributed by atoms with E-state index in [2.05, 4.69) is 5.32 Å². The molecule has 31 heavy (non-hydrogen) atoms. The molecule has 0 saturated carbocycles. The minimum atomic E-state index is -1.33. The number of hydrogen-bond donors (Lipinski definition) is 5. The zero-order valence-electron chi connectivity index (χ0n) is 16.8. The van der Waals surface area contributed by atoms with E-state index in [1.165, 1.54) is 6.92 Å². The molecule has 0 heterocycles. The number of nitrogens with one attached hydrogen (secondary N) is 1. The molecule has 2 aliphatic carbocycles. The Morgan fingerprint density at radius 3 is 2.48 bits per heavy atom. The molecule has 0 saturated heterocycles. The summed E-state index contributed by atoms with van der Waals surface area (Å²) in [6.45, 7) is 1.85. The van der Waals surface area contributed by atoms with Gasteiger partial charge in [-0.25, -0.2) is 0 Å². The highest BCUT2D eigenvalue weighted by Crippen LogP contribution is 2.49. The van der Waals surface area contributed by atoms with Gasteiger partial charge in [-0.15, -0.1) is 0 Å². The topological polar surface area (TPSA) is 127 Å². The predicted molar refractivity (Wildman–Crippen MR) is 114 cm³/mol. The Morgan fingerprint density at radius 2 is 1.81 bits per heavy atom. The zero-order valence-corrected chi connectivity index (χ0v) is 17.5. The molecule has 162 valence electrons. The molecule has 0 aromatic heterocycles. The number of fused-ring (bicyclic) bond motifs is 2. The number of allylic oxidation sites excluding steroid dienone is 2. The lowest BCUT2D eigenvalue weighted by molar-refractivity contribution is -0.00904. The minimum absolute atomic E-state index is 0.00392. The Labute approximate surface area is 183 Å². The summed E-state index contributed by atoms with van der Waals surface area (Å²) in [5, 5.41) is 45.8. The van der Waals surface area contributed by atoms with Crippen LogP contribution in [0.5, 0.6) is 11.5 Å². The number of aliphatic hydroxyl groups is 2. The van der Waals surface area contributed by atoms with Crippen LogP contribution in [0.2, 0.25) is 5.02 Å². The lowest BCUT2D eigenvalue weighted by Gasteiger charge is -2.35. The molecule has 0 amide bonds. The van der Waals surface area contributed by atoms with Crippen LogP contribution in [0.1, 0.15) is 56.9 Å². The third kappa shape index (κ3) is 3.80. The molecule has 5 N–H and O–H groups in total. The van der Waals surface area contributed by atoms with Crippen LogP contribution in [-0.2, 0) is 12.8 Å². The molecule has 8 heteroatoms. The summed E-state index contributed by atoms with van der Waals surface area (Å²) in [6, 6.07) is 7.23. The Kier molecular flexibility index (Phi) is 5.29. The molecular formula is C23H22ClNO6. The van der Waals surface area contributed by atoms with E-state index >= 15 is 0 Å². The molecule has 7 nitrogen and oxygen atoms in total. The number of aromatic hydroxyl groups is 2. The fourth-order valence-electron chi connectivity index (χ4n) is 4.29. The molecule has 0 fully saturated rings. The first-order valence-corrected chi connectivity index (χ1v) is 10.3. The summed E-state index contributed by atoms with van der Waals surface area (Å²) in [5.74, 6) is -2.31. The van der Waals surface area contributed by atoms with Gasteiger partial charge in [0.1, 0.15) is 11.5 Å². The fraction of sp³-hybridized carbons (Fsp3) is 0.304. The number of Topliss-reactive ketones (excluding diaryl/α,β-unsaturated/α-hetero) is 1. The van der Waals surface area contributed by atoms with Crippen molar-refractivity contribution >= 4 is 23.2 Å². The lowest BCUT2D eigenvalue weighted by Crippen LogP contribution is -2.36. The van der Waals surface area contributed by atoms with Crippen molar-refractivity contribution in [3.63, 3.8) is 0 Å². The number of hydrogen-bond acceptors (Lipinski definition) is 7. The maximum atomic E-state index is 13.1. The first-order chi connectivity index (χ1) is 14.6. The Hall–Kier alpha value is -2.87. The van der Waals surface area contributed by atoms with Crippen molar-refractivity contribution in [2.75, 3.05) is 6.54 Å². The van der Waals surface area contributed by atoms with Gasteiger partial charge in [0.25, 0.3) is 0 Å². The third-order valence-corrected chi connectivity index (χ3v) is 6.00. The fourth-order valence-corrected chi connectivity index (χ4v) is 4.42. The summed E-state index contributed by atoms with van der Waals surface area (Å²) < 4.78 is 0. The van der Waals surface area contributed by atoms with E-state index in [9.17, 15) is 30.0 Å². The number of halogens is 1. The van der Waals surface area contributed by atoms with Crippen LogP contribution in [-0.4, -0.2) is 44.1 Å². The van der Waals surface area contributed by atoms with Crippen molar-refractivity contribution < 1.29 is 30.0 Å². The summed E-state index contributed by atoms with van der Waals surface area (Å²) in [5.41, 5.74) is -0.933. The molecule has 0 aliphatic heterocycles. The SMILES string of the molecule is C[C@]1(O)Cc2c(O)c3c(c(O)c2[C@@H](O)C1)C(=O)C=C(NCCc1ccc(Cl)cc1)C3=O. The van der Waals surface area contributed by atoms with E-state index in [-0.39, 0.29) is 40.8 Å². The highest BCUT2D eigenvalue weighted by atomic mass is 35.5. The van der Waals surface area contributed by atoms with Gasteiger partial charge in [0.15, 0.2) is 5.78 Å². The summed E-state index contributed by atoms with van der Waals surface area (Å²) in [7, 11) is 0. The number of rotatable bonds is 4. The van der Waals surface area contributed by atoms with Crippen LogP contribution >= 0.6 is 11.6 Å². The van der Waals surface area contributed by atoms with Gasteiger partial charge in [-0.05, 0) is 31.0 Å². The predicted octanol–water partition coefficient (Wildman–Crippen LogP) is 2.58. The van der Waals surface area contributed by atoms with E-state index in [1.807, 2.05) is 12.1 Å². The molecule has 0 unspecified atom stereocenters. The first-order valence-electron chi connectivity index (χ1n) is 9.89. The maximum absolute atomic E-state index is 13.1. The van der Waals surface area contributed by atoms with E-state index in [4.69, 9.17) is 11.6 Å². The van der Waals surface area contributed by atoms with Crippen LogP contribution in [0.25, 0.3) is 0 Å². The molecule has 2 aliphatic rings. The Morgan fingerprint density at radius 1 is 1.13 bits per heavy atom. The molecule has 2 aromatic carbocycles. The average Bonchev–Trinajstić information content (AvgIpc) is 2.68. The van der Waals surface area contributed by atoms with E-state index in [0.717, 1.165) is 11.6 Å². The Balaban J connectivity index is 1.65. The van der Waals surface area contributed by atoms with Gasteiger partial charge in [0, 0.05) is 41.6 Å². The van der Waals surface area contributed by atoms with Gasteiger partial charge in [-0.1, -0.05) is 23.7 Å². The maximum Gasteiger partial charge on any atom is 0.213 e. The molecule has 2 aromatic rings. The van der Waals surface area contributed by atoms with Crippen molar-refractivity contribution in [3.8, 4) is 11.5 Å². The second-order valence-corrected chi connectivity index (χ2v) is 8.72. The molecular weight excluding hydrogens is 422 g/mol. The Bertz CT molecular complexity index is 1120. The number of ketones is 2. The average molecular weight is 444 g/mol. The van der Waals surface area contributed by atoms with Crippen LogP contribution < -0.4 is 5.32 Å². The summed E-state index contributed by atoms with van der Waals surface area (Å²) in [6.07, 6.45) is 0.237. The number of aliphatic hydroxyl groups excluding tert-OH is 1. The number of carbonyl (C=O) groups is 2. The second kappa shape index (κ2) is 7.67. The number of phenolic OH excluding ortho intramolecular Hbond substituents is 2. The van der Waals surface area contributed by atoms with Crippen molar-refractivity contribution in [2.45, 2.75) is 37.9 Å². The first kappa shape index (κ1) is 21.4. The molecule has 0 bridgehead atoms. The minimum Gasteiger partial charge on any atom is -0.507 e. The third-order valence-electron chi connectivity index (χ3n) is 5.75. The van der Waals surface area contributed by atoms with Crippen LogP contribution in [0, 0.1) is 0 Å². The van der Waals surface area contributed by atoms with Gasteiger partial charge < -0.3 is 25.7 Å². The highest BCUT2D eigenvalue weighted by molar-refractivity contribution is 6.30. The molecule has 2 atom stereocenters. The van der Waals surface area contributed by atoms with Gasteiger partial charge >= 0.3 is 0 Å². The quantitative estimate of drug-likeness (QED) is 0.459. The summed E-state index contributed by atoms with van der Waals surface area (Å²) in [4.78, 5) is 25.8. The zero-order chi connectivity index (χ0) is 22.5. The second-order valence-electron chi connectivity index (χ2n) is 8.29. The van der Waals surface area contributed by atoms with Gasteiger partial charge in [-0.3, -0.25) is 9.59 Å². The van der Waals surface area contributed by atoms with Crippen molar-refractivity contribution in [1.82, 2.24) is 5.32 Å². The number of phenols is 2. The van der Waals surface area contributed by atoms with Crippen LogP contribution in [0.15, 0.2) is 36.0 Å². The van der Waals surface area contributed by atoms with Crippen molar-refractivity contribution in [2.24, 2.45) is 0 Å². The van der Waals surface area contributed by atoms with Gasteiger partial charge in [0.05, 0.1) is 28.5 Å². The molecule has 0 radical (unpaired) electrons. The van der Waals surface area contributed by atoms with Crippen molar-refractivity contribution in [1.29, 1.82) is 0 Å². The van der Waals surface area contributed by atoms with Crippen LogP contribution in [0.4, 0.5) is 0 Å². The van der Waals surface area contributed by atoms with Gasteiger partial charge in [0.2, 0.25) is 5.78 Å². The van der Waals surface area contributed by atoms with E-state index in [0.29, 0.717) is 18.0 Å². The van der Waals surface area contributed by atoms with Crippen LogP contribution in [0.3, 0.4) is 0 Å². The monoisotopic (exact) mass is 443 g/mol. The van der Waals surface area contributed by atoms with Gasteiger partial charge in [-0.2, -0.15) is 0 Å². The highest BCUT2D eigenvalue weighted by Gasteiger charge is 2.42. The van der Waals surface area contributed by atoms with E-state index in [1.54, 1.807) is 12.1 Å².